The molecular weight excluding hydrogens is 343 g/mol. The number of aromatic nitrogens is 4. The minimum atomic E-state index is 0.117. The van der Waals surface area contributed by atoms with E-state index < -0.39 is 0 Å². The van der Waals surface area contributed by atoms with Crippen molar-refractivity contribution in [1.82, 2.24) is 19.2 Å². The van der Waals surface area contributed by atoms with Crippen LogP contribution in [0.5, 0.6) is 0 Å². The Morgan fingerprint density at radius 2 is 2.17 bits per heavy atom. The van der Waals surface area contributed by atoms with Gasteiger partial charge in [-0.2, -0.15) is 5.10 Å². The highest BCUT2D eigenvalue weighted by atomic mass is 127. The van der Waals surface area contributed by atoms with Crippen molar-refractivity contribution in [3.63, 3.8) is 0 Å². The maximum atomic E-state index is 8.88. The van der Waals surface area contributed by atoms with Gasteiger partial charge in [0.2, 0.25) is 0 Å². The summed E-state index contributed by atoms with van der Waals surface area (Å²) in [6.45, 7) is 0.682. The van der Waals surface area contributed by atoms with Crippen molar-refractivity contribution in [2.75, 3.05) is 6.61 Å². The van der Waals surface area contributed by atoms with Gasteiger partial charge < -0.3 is 9.67 Å². The van der Waals surface area contributed by atoms with Crippen LogP contribution in [0, 0.1) is 3.57 Å². The number of hydrogen-bond donors (Lipinski definition) is 1. The van der Waals surface area contributed by atoms with E-state index in [4.69, 9.17) is 5.11 Å². The highest BCUT2D eigenvalue weighted by Crippen LogP contribution is 2.20. The Balaban J connectivity index is 2.02. The van der Waals surface area contributed by atoms with Gasteiger partial charge in [0.1, 0.15) is 0 Å². The van der Waals surface area contributed by atoms with Crippen molar-refractivity contribution in [1.29, 1.82) is 0 Å². The number of rotatable bonds is 3. The standard InChI is InChI=1S/C12H11IN4O/c13-10-5-15-17-6-9(1-2-12(10)17)11-7-16(3-4-18)8-14-11/h1-2,5-8,18H,3-4H2. The molecule has 0 saturated heterocycles. The molecule has 18 heavy (non-hydrogen) atoms. The largest absolute Gasteiger partial charge is 0.395 e. The van der Waals surface area contributed by atoms with Crippen LogP contribution in [0.3, 0.4) is 0 Å². The number of nitrogens with zero attached hydrogens (tertiary/aromatic N) is 4. The van der Waals surface area contributed by atoms with Crippen molar-refractivity contribution >= 4 is 28.1 Å². The molecular formula is C12H11IN4O. The molecule has 0 fully saturated rings. The molecule has 0 atom stereocenters. The third kappa shape index (κ3) is 2.01. The number of halogens is 1. The topological polar surface area (TPSA) is 55.3 Å². The van der Waals surface area contributed by atoms with Gasteiger partial charge in [0.25, 0.3) is 0 Å². The van der Waals surface area contributed by atoms with Crippen molar-refractivity contribution < 1.29 is 5.11 Å². The van der Waals surface area contributed by atoms with E-state index in [-0.39, 0.29) is 6.61 Å². The zero-order valence-corrected chi connectivity index (χ0v) is 11.6. The highest BCUT2D eigenvalue weighted by Gasteiger charge is 2.05. The molecule has 0 aliphatic heterocycles. The van der Waals surface area contributed by atoms with Crippen molar-refractivity contribution in [2.45, 2.75) is 6.54 Å². The molecule has 0 saturated carbocycles. The number of aliphatic hydroxyl groups is 1. The van der Waals surface area contributed by atoms with Crippen molar-refractivity contribution in [2.24, 2.45) is 0 Å². The average molecular weight is 354 g/mol. The molecule has 6 heteroatoms. The van der Waals surface area contributed by atoms with Gasteiger partial charge >= 0.3 is 0 Å². The number of aliphatic hydroxyl groups excluding tert-OH is 1. The second-order valence-corrected chi connectivity index (χ2v) is 5.12. The second-order valence-electron chi connectivity index (χ2n) is 3.96. The first-order chi connectivity index (χ1) is 8.78. The van der Waals surface area contributed by atoms with Crippen LogP contribution in [-0.2, 0) is 6.54 Å². The van der Waals surface area contributed by atoms with Crippen LogP contribution < -0.4 is 0 Å². The van der Waals surface area contributed by atoms with Gasteiger partial charge in [-0.1, -0.05) is 0 Å². The lowest BCUT2D eigenvalue weighted by atomic mass is 10.2. The van der Waals surface area contributed by atoms with Gasteiger partial charge in [0, 0.05) is 24.5 Å². The first-order valence-electron chi connectivity index (χ1n) is 5.54. The van der Waals surface area contributed by atoms with E-state index in [1.807, 2.05) is 39.8 Å². The minimum absolute atomic E-state index is 0.117. The summed E-state index contributed by atoms with van der Waals surface area (Å²) in [5.41, 5.74) is 2.99. The Morgan fingerprint density at radius 3 is 3.00 bits per heavy atom. The van der Waals surface area contributed by atoms with Gasteiger partial charge in [-0.15, -0.1) is 0 Å². The predicted molar refractivity (Wildman–Crippen MR) is 76.2 cm³/mol. The number of fused-ring (bicyclic) bond motifs is 1. The predicted octanol–water partition coefficient (Wildman–Crippen LogP) is 1.79. The first kappa shape index (κ1) is 11.7. The van der Waals surface area contributed by atoms with Gasteiger partial charge in [-0.05, 0) is 34.7 Å². The zero-order valence-electron chi connectivity index (χ0n) is 9.49. The fourth-order valence-electron chi connectivity index (χ4n) is 1.85. The van der Waals surface area contributed by atoms with Crippen LogP contribution >= 0.6 is 22.6 Å². The number of imidazole rings is 1. The van der Waals surface area contributed by atoms with Crippen LogP contribution in [0.1, 0.15) is 0 Å². The average Bonchev–Trinajstić information content (AvgIpc) is 2.97. The molecule has 5 nitrogen and oxygen atoms in total. The summed E-state index contributed by atoms with van der Waals surface area (Å²) < 4.78 is 4.85. The van der Waals surface area contributed by atoms with Gasteiger partial charge in [-0.25, -0.2) is 9.50 Å². The molecule has 3 heterocycles. The molecule has 92 valence electrons. The lowest BCUT2D eigenvalue weighted by Gasteiger charge is -1.99. The lowest BCUT2D eigenvalue weighted by Crippen LogP contribution is -1.97. The Labute approximate surface area is 117 Å². The fraction of sp³-hybridized carbons (Fsp3) is 0.167. The van der Waals surface area contributed by atoms with Crippen LogP contribution in [0.2, 0.25) is 0 Å². The zero-order chi connectivity index (χ0) is 12.5. The smallest absolute Gasteiger partial charge is 0.0954 e. The summed E-state index contributed by atoms with van der Waals surface area (Å²) in [4.78, 5) is 4.33. The van der Waals surface area contributed by atoms with E-state index in [9.17, 15) is 0 Å². The Morgan fingerprint density at radius 1 is 1.28 bits per heavy atom. The molecule has 0 aliphatic rings. The summed E-state index contributed by atoms with van der Waals surface area (Å²) in [5, 5.41) is 13.2. The Bertz CT molecular complexity index is 688. The van der Waals surface area contributed by atoms with Crippen LogP contribution in [0.4, 0.5) is 0 Å². The maximum absolute atomic E-state index is 8.88. The summed E-state index contributed by atoms with van der Waals surface area (Å²) in [6, 6.07) is 4.07. The van der Waals surface area contributed by atoms with Crippen molar-refractivity contribution in [3.05, 3.63) is 40.6 Å². The van der Waals surface area contributed by atoms with Gasteiger partial charge in [0.05, 0.1) is 33.9 Å². The Kier molecular flexibility index (Phi) is 3.04. The molecule has 0 unspecified atom stereocenters. The normalized spacial score (nSPS) is 11.2. The fourth-order valence-corrected chi connectivity index (χ4v) is 2.40. The quantitative estimate of drug-likeness (QED) is 0.730. The number of pyridine rings is 1. The van der Waals surface area contributed by atoms with E-state index in [1.54, 1.807) is 6.33 Å². The van der Waals surface area contributed by atoms with E-state index in [0.717, 1.165) is 20.3 Å². The van der Waals surface area contributed by atoms with Crippen LogP contribution in [-0.4, -0.2) is 30.9 Å². The van der Waals surface area contributed by atoms with E-state index in [1.165, 1.54) is 0 Å². The van der Waals surface area contributed by atoms with Gasteiger partial charge in [0.15, 0.2) is 0 Å². The molecule has 1 N–H and O–H groups in total. The molecule has 0 amide bonds. The lowest BCUT2D eigenvalue weighted by molar-refractivity contribution is 0.276. The molecule has 3 aromatic heterocycles. The third-order valence-corrected chi connectivity index (χ3v) is 3.59. The summed E-state index contributed by atoms with van der Waals surface area (Å²) in [6.07, 6.45) is 7.45. The molecule has 3 aromatic rings. The molecule has 3 rings (SSSR count). The molecule has 0 spiro atoms. The van der Waals surface area contributed by atoms with Crippen LogP contribution in [0.25, 0.3) is 16.8 Å². The molecule has 0 aliphatic carbocycles. The summed E-state index contributed by atoms with van der Waals surface area (Å²) in [5.74, 6) is 0. The van der Waals surface area contributed by atoms with Gasteiger partial charge in [-0.3, -0.25) is 0 Å². The van der Waals surface area contributed by atoms with Crippen LogP contribution in [0.15, 0.2) is 37.1 Å². The number of hydrogen-bond acceptors (Lipinski definition) is 3. The van der Waals surface area contributed by atoms with E-state index >= 15 is 0 Å². The first-order valence-corrected chi connectivity index (χ1v) is 6.62. The summed E-state index contributed by atoms with van der Waals surface area (Å²) in [7, 11) is 0. The van der Waals surface area contributed by atoms with Crippen molar-refractivity contribution in [3.8, 4) is 11.3 Å². The Hall–Kier alpha value is -1.41. The SMILES string of the molecule is OCCn1cnc(-c2ccc3c(I)cnn3c2)c1. The summed E-state index contributed by atoms with van der Waals surface area (Å²) >= 11 is 2.26. The minimum Gasteiger partial charge on any atom is -0.395 e. The van der Waals surface area contributed by atoms with E-state index in [0.29, 0.717) is 6.54 Å². The molecule has 0 radical (unpaired) electrons. The second kappa shape index (κ2) is 4.69. The molecule has 0 bridgehead atoms. The third-order valence-electron chi connectivity index (χ3n) is 2.76. The molecule has 0 aromatic carbocycles. The van der Waals surface area contributed by atoms with E-state index in [2.05, 4.69) is 32.7 Å². The monoisotopic (exact) mass is 354 g/mol. The highest BCUT2D eigenvalue weighted by molar-refractivity contribution is 14.1. The maximum Gasteiger partial charge on any atom is 0.0954 e.